The van der Waals surface area contributed by atoms with Crippen molar-refractivity contribution in [1.82, 2.24) is 0 Å². The lowest BCUT2D eigenvalue weighted by Crippen LogP contribution is -2.10. The van der Waals surface area contributed by atoms with Crippen LogP contribution in [0.5, 0.6) is 0 Å². The van der Waals surface area contributed by atoms with Crippen molar-refractivity contribution in [2.24, 2.45) is 23.7 Å². The van der Waals surface area contributed by atoms with E-state index in [1.54, 1.807) is 22.3 Å². The molecule has 0 aliphatic carbocycles. The molecule has 0 heterocycles. The van der Waals surface area contributed by atoms with Crippen molar-refractivity contribution in [2.75, 3.05) is 0 Å². The number of rotatable bonds is 6. The fraction of sp³-hybridized carbons (Fsp3) is 0.727. The molecule has 2 atom stereocenters. The highest BCUT2D eigenvalue weighted by molar-refractivity contribution is 5.31. The van der Waals surface area contributed by atoms with E-state index < -0.39 is 0 Å². The van der Waals surface area contributed by atoms with Crippen molar-refractivity contribution in [1.29, 1.82) is 0 Å². The Bertz CT molecular complexity index is 422. The standard InChI is InChI=1S/C22H40/c1-13(2)15(5)17(7)19(9)21(11)22(12)20(10)18(8)16(6)14(3)4/h13-14,19-20H,1-12H3. The molecule has 0 bridgehead atoms. The molecule has 0 saturated carbocycles. The number of allylic oxidation sites excluding steroid dienone is 6. The summed E-state index contributed by atoms with van der Waals surface area (Å²) in [5, 5.41) is 0. The summed E-state index contributed by atoms with van der Waals surface area (Å²) in [5.41, 5.74) is 9.25. The van der Waals surface area contributed by atoms with Crippen molar-refractivity contribution in [3.05, 3.63) is 33.4 Å². The Morgan fingerprint density at radius 3 is 0.727 bits per heavy atom. The van der Waals surface area contributed by atoms with Gasteiger partial charge in [-0.2, -0.15) is 0 Å². The molecule has 0 aromatic heterocycles. The van der Waals surface area contributed by atoms with Gasteiger partial charge in [-0.05, 0) is 65.2 Å². The molecule has 0 saturated heterocycles. The molecular formula is C22H40. The molecule has 0 rings (SSSR count). The molecule has 0 aliphatic heterocycles. The minimum atomic E-state index is 0.539. The number of hydrogen-bond acceptors (Lipinski definition) is 0. The fourth-order valence-electron chi connectivity index (χ4n) is 2.93. The van der Waals surface area contributed by atoms with Crippen LogP contribution in [0.4, 0.5) is 0 Å². The van der Waals surface area contributed by atoms with Gasteiger partial charge in [0.25, 0.3) is 0 Å². The summed E-state index contributed by atoms with van der Waals surface area (Å²) in [5.74, 6) is 2.35. The largest absolute Gasteiger partial charge is 0.0712 e. The molecular weight excluding hydrogens is 264 g/mol. The van der Waals surface area contributed by atoms with Crippen LogP contribution in [0.25, 0.3) is 0 Å². The second-order valence-electron chi connectivity index (χ2n) is 7.85. The second-order valence-corrected chi connectivity index (χ2v) is 7.85. The minimum absolute atomic E-state index is 0.539. The smallest absolute Gasteiger partial charge is 0.00215 e. The van der Waals surface area contributed by atoms with Gasteiger partial charge in [-0.25, -0.2) is 0 Å². The van der Waals surface area contributed by atoms with Crippen molar-refractivity contribution < 1.29 is 0 Å². The first-order valence-electron chi connectivity index (χ1n) is 8.95. The first kappa shape index (κ1) is 21.2. The summed E-state index contributed by atoms with van der Waals surface area (Å²) in [4.78, 5) is 0. The van der Waals surface area contributed by atoms with Crippen molar-refractivity contribution in [2.45, 2.75) is 83.1 Å². The van der Waals surface area contributed by atoms with E-state index >= 15 is 0 Å². The van der Waals surface area contributed by atoms with Gasteiger partial charge in [0.1, 0.15) is 0 Å². The minimum Gasteiger partial charge on any atom is -0.0712 e. The quantitative estimate of drug-likeness (QED) is 0.444. The summed E-state index contributed by atoms with van der Waals surface area (Å²) < 4.78 is 0. The van der Waals surface area contributed by atoms with Crippen molar-refractivity contribution in [3.63, 3.8) is 0 Å². The van der Waals surface area contributed by atoms with Gasteiger partial charge in [-0.15, -0.1) is 0 Å². The van der Waals surface area contributed by atoms with Gasteiger partial charge in [0.15, 0.2) is 0 Å². The predicted molar refractivity (Wildman–Crippen MR) is 103 cm³/mol. The maximum Gasteiger partial charge on any atom is -0.00215 e. The lowest BCUT2D eigenvalue weighted by atomic mass is 9.80. The lowest BCUT2D eigenvalue weighted by molar-refractivity contribution is 0.669. The molecule has 128 valence electrons. The zero-order chi connectivity index (χ0) is 17.8. The Balaban J connectivity index is 5.65. The molecule has 0 spiro atoms. The zero-order valence-electron chi connectivity index (χ0n) is 17.3. The van der Waals surface area contributed by atoms with Crippen LogP contribution in [0.1, 0.15) is 83.1 Å². The molecule has 0 N–H and O–H groups in total. The van der Waals surface area contributed by atoms with Gasteiger partial charge in [0.05, 0.1) is 0 Å². The molecule has 0 radical (unpaired) electrons. The predicted octanol–water partition coefficient (Wildman–Crippen LogP) is 7.58. The van der Waals surface area contributed by atoms with E-state index in [-0.39, 0.29) is 0 Å². The van der Waals surface area contributed by atoms with E-state index in [0.717, 1.165) is 0 Å². The van der Waals surface area contributed by atoms with Crippen LogP contribution in [0.15, 0.2) is 33.4 Å². The van der Waals surface area contributed by atoms with E-state index in [1.807, 2.05) is 0 Å². The average molecular weight is 305 g/mol. The zero-order valence-corrected chi connectivity index (χ0v) is 17.3. The summed E-state index contributed by atoms with van der Waals surface area (Å²) in [7, 11) is 0. The van der Waals surface area contributed by atoms with Crippen LogP contribution < -0.4 is 0 Å². The third kappa shape index (κ3) is 5.14. The van der Waals surface area contributed by atoms with Gasteiger partial charge in [0.2, 0.25) is 0 Å². The normalized spacial score (nSPS) is 18.8. The second kappa shape index (κ2) is 8.75. The Hall–Kier alpha value is -0.780. The molecule has 0 amide bonds. The summed E-state index contributed by atoms with van der Waals surface area (Å²) in [6.45, 7) is 27.7. The third-order valence-corrected chi connectivity index (χ3v) is 6.20. The topological polar surface area (TPSA) is 0 Å². The molecule has 0 heteroatoms. The first-order chi connectivity index (χ1) is 9.93. The van der Waals surface area contributed by atoms with Crippen LogP contribution in [0, 0.1) is 23.7 Å². The van der Waals surface area contributed by atoms with Crippen LogP contribution in [0.2, 0.25) is 0 Å². The summed E-state index contributed by atoms with van der Waals surface area (Å²) >= 11 is 0. The maximum atomic E-state index is 2.36. The molecule has 0 nitrogen and oxygen atoms in total. The molecule has 0 fully saturated rings. The van der Waals surface area contributed by atoms with E-state index in [0.29, 0.717) is 23.7 Å². The van der Waals surface area contributed by atoms with Crippen LogP contribution in [-0.4, -0.2) is 0 Å². The molecule has 0 aromatic rings. The van der Waals surface area contributed by atoms with Gasteiger partial charge >= 0.3 is 0 Å². The monoisotopic (exact) mass is 304 g/mol. The highest BCUT2D eigenvalue weighted by Gasteiger charge is 2.18. The van der Waals surface area contributed by atoms with Gasteiger partial charge in [-0.3, -0.25) is 0 Å². The molecule has 0 aromatic carbocycles. The molecule has 2 unspecified atom stereocenters. The van der Waals surface area contributed by atoms with Gasteiger partial charge < -0.3 is 0 Å². The summed E-state index contributed by atoms with van der Waals surface area (Å²) in [6.07, 6.45) is 0. The first-order valence-corrected chi connectivity index (χ1v) is 8.95. The molecule has 0 aliphatic rings. The number of hydrogen-bond donors (Lipinski definition) is 0. The summed E-state index contributed by atoms with van der Waals surface area (Å²) in [6, 6.07) is 0. The van der Waals surface area contributed by atoms with E-state index in [2.05, 4.69) is 83.1 Å². The lowest BCUT2D eigenvalue weighted by Gasteiger charge is -2.25. The van der Waals surface area contributed by atoms with Gasteiger partial charge in [-0.1, -0.05) is 75.0 Å². The van der Waals surface area contributed by atoms with Crippen molar-refractivity contribution in [3.8, 4) is 0 Å². The van der Waals surface area contributed by atoms with Crippen LogP contribution in [0.3, 0.4) is 0 Å². The van der Waals surface area contributed by atoms with E-state index in [1.165, 1.54) is 11.1 Å². The van der Waals surface area contributed by atoms with Crippen LogP contribution in [-0.2, 0) is 0 Å². The highest BCUT2D eigenvalue weighted by Crippen LogP contribution is 2.33. The van der Waals surface area contributed by atoms with Gasteiger partial charge in [0, 0.05) is 0 Å². The Morgan fingerprint density at radius 1 is 0.364 bits per heavy atom. The third-order valence-electron chi connectivity index (χ3n) is 6.20. The van der Waals surface area contributed by atoms with E-state index in [4.69, 9.17) is 0 Å². The maximum absolute atomic E-state index is 2.36. The molecule has 22 heavy (non-hydrogen) atoms. The van der Waals surface area contributed by atoms with Crippen LogP contribution >= 0.6 is 0 Å². The Labute approximate surface area is 140 Å². The Morgan fingerprint density at radius 2 is 0.545 bits per heavy atom. The average Bonchev–Trinajstić information content (AvgIpc) is 2.48. The van der Waals surface area contributed by atoms with E-state index in [9.17, 15) is 0 Å². The fourth-order valence-corrected chi connectivity index (χ4v) is 2.93. The Kier molecular flexibility index (Phi) is 8.44. The SMILES string of the molecule is CC(=C(C)C(C)C(C)=C(C)C(C)C(C)=C(C)C(C)C)C(C)C. The van der Waals surface area contributed by atoms with Crippen molar-refractivity contribution >= 4 is 0 Å². The highest BCUT2D eigenvalue weighted by atomic mass is 14.2.